The van der Waals surface area contributed by atoms with Crippen LogP contribution in [0.25, 0.3) is 16.0 Å². The number of Topliss-reactive ketones (excluding diaryl/α,β-unsaturated/α-hetero) is 1. The zero-order valence-corrected chi connectivity index (χ0v) is 20.9. The van der Waals surface area contributed by atoms with Crippen molar-refractivity contribution < 1.29 is 23.8 Å². The predicted octanol–water partition coefficient (Wildman–Crippen LogP) is 3.67. The number of aromatic nitrogens is 2. The number of ether oxygens (including phenoxy) is 1. The Labute approximate surface area is 211 Å². The highest BCUT2D eigenvalue weighted by molar-refractivity contribution is 7.19. The summed E-state index contributed by atoms with van der Waals surface area (Å²) in [6.45, 7) is 7.49. The summed E-state index contributed by atoms with van der Waals surface area (Å²) < 4.78 is 13.3. The number of fused-ring (bicyclic) bond motifs is 3. The highest BCUT2D eigenvalue weighted by Crippen LogP contribution is 2.41. The molecule has 0 saturated carbocycles. The fourth-order valence-electron chi connectivity index (χ4n) is 5.08. The molecule has 1 saturated heterocycles. The highest BCUT2D eigenvalue weighted by Gasteiger charge is 2.46. The lowest BCUT2D eigenvalue weighted by Gasteiger charge is -2.30. The van der Waals surface area contributed by atoms with Gasteiger partial charge in [0.1, 0.15) is 17.6 Å². The number of hydrogen-bond acceptors (Lipinski definition) is 8. The Morgan fingerprint density at radius 3 is 2.67 bits per heavy atom. The second-order valence-electron chi connectivity index (χ2n) is 9.13. The molecule has 1 amide bonds. The Morgan fingerprint density at radius 2 is 1.92 bits per heavy atom. The average molecular weight is 507 g/mol. The zero-order valence-electron chi connectivity index (χ0n) is 20.1. The van der Waals surface area contributed by atoms with E-state index in [0.717, 1.165) is 29.8 Å². The number of imidazole rings is 1. The van der Waals surface area contributed by atoms with Gasteiger partial charge in [0.05, 0.1) is 34.7 Å². The van der Waals surface area contributed by atoms with Crippen molar-refractivity contribution in [2.75, 3.05) is 39.4 Å². The van der Waals surface area contributed by atoms with Crippen LogP contribution >= 0.6 is 11.3 Å². The van der Waals surface area contributed by atoms with Gasteiger partial charge < -0.3 is 19.2 Å². The number of morpholine rings is 1. The van der Waals surface area contributed by atoms with Crippen LogP contribution in [0.4, 0.5) is 0 Å². The van der Waals surface area contributed by atoms with Gasteiger partial charge in [-0.3, -0.25) is 18.9 Å². The highest BCUT2D eigenvalue weighted by atomic mass is 32.1. The lowest BCUT2D eigenvalue weighted by atomic mass is 9.99. The van der Waals surface area contributed by atoms with Crippen LogP contribution in [0.3, 0.4) is 0 Å². The van der Waals surface area contributed by atoms with E-state index in [1.807, 2.05) is 42.5 Å². The first kappa shape index (κ1) is 23.0. The number of nitrogens with zero attached hydrogens (tertiary/aromatic N) is 4. The van der Waals surface area contributed by atoms with Crippen molar-refractivity contribution >= 4 is 39.0 Å². The van der Waals surface area contributed by atoms with Crippen LogP contribution in [0.1, 0.15) is 32.9 Å². The molecule has 186 valence electrons. The summed E-state index contributed by atoms with van der Waals surface area (Å²) in [7, 11) is 0. The van der Waals surface area contributed by atoms with E-state index < -0.39 is 17.7 Å². The molecule has 1 fully saturated rings. The van der Waals surface area contributed by atoms with Crippen molar-refractivity contribution in [2.24, 2.45) is 0 Å². The van der Waals surface area contributed by atoms with E-state index in [1.165, 1.54) is 11.3 Å². The summed E-state index contributed by atoms with van der Waals surface area (Å²) in [4.78, 5) is 36.8. The number of benzene rings is 1. The van der Waals surface area contributed by atoms with Gasteiger partial charge in [-0.25, -0.2) is 4.98 Å². The monoisotopic (exact) mass is 506 g/mol. The molecule has 3 aromatic heterocycles. The summed E-state index contributed by atoms with van der Waals surface area (Å²) in [5, 5.41) is 11.0. The molecule has 1 aromatic carbocycles. The molecular weight excluding hydrogens is 480 g/mol. The second kappa shape index (κ2) is 8.88. The number of aliphatic hydroxyl groups excluding tert-OH is 1. The van der Waals surface area contributed by atoms with Crippen LogP contribution < -0.4 is 0 Å². The van der Waals surface area contributed by atoms with Crippen LogP contribution in [0.5, 0.6) is 0 Å². The molecule has 4 aromatic rings. The summed E-state index contributed by atoms with van der Waals surface area (Å²) in [6.07, 6.45) is 0. The van der Waals surface area contributed by atoms with E-state index in [0.29, 0.717) is 47.7 Å². The van der Waals surface area contributed by atoms with Gasteiger partial charge in [-0.1, -0.05) is 23.5 Å². The number of carbonyl (C=O) groups is 2. The van der Waals surface area contributed by atoms with Gasteiger partial charge in [-0.15, -0.1) is 0 Å². The molecule has 5 heterocycles. The topological polar surface area (TPSA) is 101 Å². The first-order chi connectivity index (χ1) is 17.4. The van der Waals surface area contributed by atoms with Crippen LogP contribution in [-0.4, -0.2) is 75.4 Å². The summed E-state index contributed by atoms with van der Waals surface area (Å²) in [5.74, 6) is -0.335. The summed E-state index contributed by atoms with van der Waals surface area (Å²) in [6, 6.07) is 10.5. The van der Waals surface area contributed by atoms with Gasteiger partial charge in [0.25, 0.3) is 5.91 Å². The molecule has 2 aliphatic heterocycles. The van der Waals surface area contributed by atoms with Gasteiger partial charge in [0.2, 0.25) is 5.78 Å². The molecule has 0 aliphatic carbocycles. The smallest absolute Gasteiger partial charge is 0.290 e. The van der Waals surface area contributed by atoms with Crippen molar-refractivity contribution in [3.8, 4) is 0 Å². The van der Waals surface area contributed by atoms with Crippen molar-refractivity contribution in [1.82, 2.24) is 19.2 Å². The molecule has 2 aliphatic rings. The molecule has 1 atom stereocenters. The average Bonchev–Trinajstić information content (AvgIpc) is 3.61. The minimum Gasteiger partial charge on any atom is -0.503 e. The van der Waals surface area contributed by atoms with Crippen LogP contribution in [0.2, 0.25) is 0 Å². The Hall–Kier alpha value is -3.47. The van der Waals surface area contributed by atoms with Gasteiger partial charge >= 0.3 is 0 Å². The Balaban J connectivity index is 1.39. The maximum absolute atomic E-state index is 14.0. The number of aliphatic hydroxyl groups is 1. The maximum Gasteiger partial charge on any atom is 0.290 e. The number of hydrogen-bond donors (Lipinski definition) is 1. The standard InChI is InChI=1S/C26H26N4O5S/c1-15-7-8-19(35-15)21-20(23(32)25(33)29(21)10-9-28-11-13-34-14-12-28)22(31)24-16(2)30-18-6-4-3-5-17(18)27-26(30)36-24/h3-8,21,32H,9-14H2,1-2H3. The van der Waals surface area contributed by atoms with Crippen molar-refractivity contribution in [2.45, 2.75) is 19.9 Å². The summed E-state index contributed by atoms with van der Waals surface area (Å²) in [5.41, 5.74) is 2.53. The Kier molecular flexibility index (Phi) is 5.66. The number of furan rings is 1. The molecule has 1 N–H and O–H groups in total. The maximum atomic E-state index is 14.0. The molecule has 9 nitrogen and oxygen atoms in total. The van der Waals surface area contributed by atoms with Crippen molar-refractivity contribution in [3.05, 3.63) is 69.8 Å². The molecule has 6 rings (SSSR count). The van der Waals surface area contributed by atoms with E-state index in [9.17, 15) is 14.7 Å². The van der Waals surface area contributed by atoms with E-state index in [4.69, 9.17) is 9.15 Å². The van der Waals surface area contributed by atoms with Gasteiger partial charge in [-0.2, -0.15) is 0 Å². The number of aryl methyl sites for hydroxylation is 2. The van der Waals surface area contributed by atoms with Gasteiger partial charge in [0, 0.05) is 31.9 Å². The SMILES string of the molecule is Cc1ccc(C2C(C(=O)c3sc4nc5ccccc5n4c3C)=C(O)C(=O)N2CCN2CCOCC2)o1. The molecule has 1 unspecified atom stereocenters. The zero-order chi connectivity index (χ0) is 25.0. The lowest BCUT2D eigenvalue weighted by Crippen LogP contribution is -2.43. The largest absolute Gasteiger partial charge is 0.503 e. The number of carbonyl (C=O) groups excluding carboxylic acids is 2. The van der Waals surface area contributed by atoms with Gasteiger partial charge in [0.15, 0.2) is 10.7 Å². The number of thiazole rings is 1. The molecule has 10 heteroatoms. The van der Waals surface area contributed by atoms with Crippen molar-refractivity contribution in [3.63, 3.8) is 0 Å². The predicted molar refractivity (Wildman–Crippen MR) is 134 cm³/mol. The Morgan fingerprint density at radius 1 is 1.14 bits per heavy atom. The van der Waals surface area contributed by atoms with E-state index in [2.05, 4.69) is 9.88 Å². The van der Waals surface area contributed by atoms with E-state index in [-0.39, 0.29) is 11.4 Å². The first-order valence-corrected chi connectivity index (χ1v) is 12.8. The number of ketones is 1. The molecule has 0 bridgehead atoms. The van der Waals surface area contributed by atoms with E-state index in [1.54, 1.807) is 17.0 Å². The molecule has 0 spiro atoms. The van der Waals surface area contributed by atoms with Crippen molar-refractivity contribution in [1.29, 1.82) is 0 Å². The van der Waals surface area contributed by atoms with Crippen LogP contribution in [0.15, 0.2) is 52.1 Å². The normalized spacial score (nSPS) is 19.3. The Bertz CT molecular complexity index is 1520. The number of amides is 1. The third-order valence-corrected chi connectivity index (χ3v) is 8.07. The minimum absolute atomic E-state index is 0.0493. The third kappa shape index (κ3) is 3.64. The second-order valence-corrected chi connectivity index (χ2v) is 10.1. The molecular formula is C26H26N4O5S. The van der Waals surface area contributed by atoms with E-state index >= 15 is 0 Å². The minimum atomic E-state index is -0.801. The number of rotatable bonds is 6. The van der Waals surface area contributed by atoms with Crippen LogP contribution in [-0.2, 0) is 9.53 Å². The summed E-state index contributed by atoms with van der Waals surface area (Å²) >= 11 is 1.26. The number of para-hydroxylation sites is 2. The fraction of sp³-hybridized carbons (Fsp3) is 0.346. The fourth-order valence-corrected chi connectivity index (χ4v) is 6.18. The molecule has 0 radical (unpaired) electrons. The third-order valence-electron chi connectivity index (χ3n) is 6.93. The lowest BCUT2D eigenvalue weighted by molar-refractivity contribution is -0.130. The first-order valence-electron chi connectivity index (χ1n) is 12.0. The molecule has 36 heavy (non-hydrogen) atoms. The van der Waals surface area contributed by atoms with Crippen LogP contribution in [0, 0.1) is 13.8 Å². The van der Waals surface area contributed by atoms with Gasteiger partial charge in [-0.05, 0) is 38.1 Å². The quantitative estimate of drug-likeness (QED) is 0.398.